The van der Waals surface area contributed by atoms with Gasteiger partial charge in [-0.05, 0) is 24.1 Å². The summed E-state index contributed by atoms with van der Waals surface area (Å²) >= 11 is 0. The first-order chi connectivity index (χ1) is 7.22. The van der Waals surface area contributed by atoms with Gasteiger partial charge in [0, 0.05) is 19.6 Å². The zero-order chi connectivity index (χ0) is 11.3. The maximum Gasteiger partial charge on any atom is 0.121 e. The third-order valence-corrected chi connectivity index (χ3v) is 2.54. The van der Waals surface area contributed by atoms with E-state index in [2.05, 4.69) is 6.07 Å². The van der Waals surface area contributed by atoms with Crippen LogP contribution in [0.3, 0.4) is 0 Å². The van der Waals surface area contributed by atoms with Crippen LogP contribution >= 0.6 is 0 Å². The minimum atomic E-state index is 0.264. The second-order valence-electron chi connectivity index (χ2n) is 3.62. The van der Waals surface area contributed by atoms with E-state index in [4.69, 9.17) is 15.2 Å². The molecule has 0 saturated heterocycles. The third-order valence-electron chi connectivity index (χ3n) is 2.54. The molecule has 1 aromatic rings. The van der Waals surface area contributed by atoms with Crippen molar-refractivity contribution in [2.24, 2.45) is 5.73 Å². The van der Waals surface area contributed by atoms with Crippen molar-refractivity contribution < 1.29 is 9.47 Å². The molecule has 1 atom stereocenters. The van der Waals surface area contributed by atoms with Gasteiger partial charge in [0.2, 0.25) is 0 Å². The average molecular weight is 209 g/mol. The molecule has 1 unspecified atom stereocenters. The molecule has 0 amide bonds. The van der Waals surface area contributed by atoms with Crippen molar-refractivity contribution in [2.75, 3.05) is 27.4 Å². The van der Waals surface area contributed by atoms with Gasteiger partial charge < -0.3 is 15.2 Å². The molecule has 0 bridgehead atoms. The number of methoxy groups -OCH3 is 2. The summed E-state index contributed by atoms with van der Waals surface area (Å²) in [7, 11) is 3.37. The lowest BCUT2D eigenvalue weighted by Crippen LogP contribution is -2.17. The predicted octanol–water partition coefficient (Wildman–Crippen LogP) is 1.69. The fraction of sp³-hybridized carbons (Fsp3) is 0.500. The van der Waals surface area contributed by atoms with E-state index in [1.54, 1.807) is 14.2 Å². The third kappa shape index (κ3) is 2.94. The van der Waals surface area contributed by atoms with Gasteiger partial charge in [-0.2, -0.15) is 0 Å². The van der Waals surface area contributed by atoms with E-state index < -0.39 is 0 Å². The lowest BCUT2D eigenvalue weighted by atomic mass is 9.98. The number of hydrogen-bond acceptors (Lipinski definition) is 3. The molecule has 0 heterocycles. The second kappa shape index (κ2) is 5.73. The van der Waals surface area contributed by atoms with E-state index in [1.165, 1.54) is 5.56 Å². The van der Waals surface area contributed by atoms with Gasteiger partial charge in [0.1, 0.15) is 5.75 Å². The van der Waals surface area contributed by atoms with Gasteiger partial charge in [-0.1, -0.05) is 12.1 Å². The van der Waals surface area contributed by atoms with Crippen LogP contribution in [0.5, 0.6) is 5.75 Å². The van der Waals surface area contributed by atoms with E-state index in [9.17, 15) is 0 Å². The van der Waals surface area contributed by atoms with Crippen molar-refractivity contribution in [3.63, 3.8) is 0 Å². The molecule has 1 aromatic carbocycles. The molecule has 2 N–H and O–H groups in total. The SMILES string of the molecule is COCC(CN)c1ccc(OC)c(C)c1. The van der Waals surface area contributed by atoms with Gasteiger partial charge in [-0.15, -0.1) is 0 Å². The highest BCUT2D eigenvalue weighted by atomic mass is 16.5. The van der Waals surface area contributed by atoms with E-state index in [0.717, 1.165) is 11.3 Å². The maximum atomic E-state index is 5.70. The van der Waals surface area contributed by atoms with Crippen LogP contribution in [0.15, 0.2) is 18.2 Å². The van der Waals surface area contributed by atoms with Crippen molar-refractivity contribution in [1.29, 1.82) is 0 Å². The zero-order valence-corrected chi connectivity index (χ0v) is 9.62. The van der Waals surface area contributed by atoms with Gasteiger partial charge in [0.25, 0.3) is 0 Å². The fourth-order valence-electron chi connectivity index (χ4n) is 1.66. The Labute approximate surface area is 91.2 Å². The topological polar surface area (TPSA) is 44.5 Å². The number of hydrogen-bond donors (Lipinski definition) is 1. The summed E-state index contributed by atoms with van der Waals surface area (Å²) in [4.78, 5) is 0. The molecule has 15 heavy (non-hydrogen) atoms. The normalized spacial score (nSPS) is 12.5. The van der Waals surface area contributed by atoms with Crippen LogP contribution in [0, 0.1) is 6.92 Å². The van der Waals surface area contributed by atoms with Gasteiger partial charge in [0.15, 0.2) is 0 Å². The standard InChI is InChI=1S/C12H19NO2/c1-9-6-10(4-5-12(9)15-3)11(7-13)8-14-2/h4-6,11H,7-8,13H2,1-3H3. The molecular weight excluding hydrogens is 190 g/mol. The quantitative estimate of drug-likeness (QED) is 0.802. The summed E-state index contributed by atoms with van der Waals surface area (Å²) in [6.07, 6.45) is 0. The molecule has 0 fully saturated rings. The summed E-state index contributed by atoms with van der Waals surface area (Å²) in [5.41, 5.74) is 8.04. The molecule has 3 heteroatoms. The van der Waals surface area contributed by atoms with Crippen molar-refractivity contribution in [2.45, 2.75) is 12.8 Å². The Morgan fingerprint density at radius 2 is 2.07 bits per heavy atom. The Hall–Kier alpha value is -1.06. The Morgan fingerprint density at radius 3 is 2.53 bits per heavy atom. The monoisotopic (exact) mass is 209 g/mol. The van der Waals surface area contributed by atoms with E-state index in [1.807, 2.05) is 19.1 Å². The van der Waals surface area contributed by atoms with E-state index in [0.29, 0.717) is 13.2 Å². The van der Waals surface area contributed by atoms with Gasteiger partial charge in [-0.25, -0.2) is 0 Å². The highest BCUT2D eigenvalue weighted by molar-refractivity contribution is 5.37. The van der Waals surface area contributed by atoms with Gasteiger partial charge in [0.05, 0.1) is 13.7 Å². The summed E-state index contributed by atoms with van der Waals surface area (Å²) in [5.74, 6) is 1.17. The highest BCUT2D eigenvalue weighted by Crippen LogP contribution is 2.23. The lowest BCUT2D eigenvalue weighted by Gasteiger charge is -2.15. The first-order valence-corrected chi connectivity index (χ1v) is 5.06. The lowest BCUT2D eigenvalue weighted by molar-refractivity contribution is 0.181. The summed E-state index contributed by atoms with van der Waals surface area (Å²) in [6.45, 7) is 3.28. The van der Waals surface area contributed by atoms with E-state index in [-0.39, 0.29) is 5.92 Å². The van der Waals surface area contributed by atoms with Crippen LogP contribution in [0.25, 0.3) is 0 Å². The van der Waals surface area contributed by atoms with Gasteiger partial charge >= 0.3 is 0 Å². The first kappa shape index (κ1) is 12.0. The number of benzene rings is 1. The number of ether oxygens (including phenoxy) is 2. The molecular formula is C12H19NO2. The number of rotatable bonds is 5. The molecule has 0 spiro atoms. The molecule has 0 radical (unpaired) electrons. The second-order valence-corrected chi connectivity index (χ2v) is 3.62. The summed E-state index contributed by atoms with van der Waals surface area (Å²) in [5, 5.41) is 0. The van der Waals surface area contributed by atoms with E-state index >= 15 is 0 Å². The number of nitrogens with two attached hydrogens (primary N) is 1. The Balaban J connectivity index is 2.89. The largest absolute Gasteiger partial charge is 0.496 e. The van der Waals surface area contributed by atoms with Gasteiger partial charge in [-0.3, -0.25) is 0 Å². The van der Waals surface area contributed by atoms with Crippen molar-refractivity contribution >= 4 is 0 Å². The minimum absolute atomic E-state index is 0.264. The van der Waals surface area contributed by atoms with Crippen LogP contribution in [0.2, 0.25) is 0 Å². The van der Waals surface area contributed by atoms with Crippen LogP contribution in [0.4, 0.5) is 0 Å². The molecule has 0 aliphatic heterocycles. The Bertz CT molecular complexity index is 312. The summed E-state index contributed by atoms with van der Waals surface area (Å²) in [6, 6.07) is 6.13. The molecule has 1 rings (SSSR count). The van der Waals surface area contributed by atoms with Crippen molar-refractivity contribution in [3.05, 3.63) is 29.3 Å². The molecule has 0 aliphatic rings. The number of aryl methyl sites for hydroxylation is 1. The van der Waals surface area contributed by atoms with Crippen LogP contribution in [-0.4, -0.2) is 27.4 Å². The molecule has 84 valence electrons. The smallest absolute Gasteiger partial charge is 0.121 e. The predicted molar refractivity (Wildman–Crippen MR) is 61.4 cm³/mol. The van der Waals surface area contributed by atoms with Crippen LogP contribution < -0.4 is 10.5 Å². The van der Waals surface area contributed by atoms with Crippen molar-refractivity contribution in [1.82, 2.24) is 0 Å². The average Bonchev–Trinajstić information content (AvgIpc) is 2.25. The summed E-state index contributed by atoms with van der Waals surface area (Å²) < 4.78 is 10.3. The highest BCUT2D eigenvalue weighted by Gasteiger charge is 2.10. The first-order valence-electron chi connectivity index (χ1n) is 5.06. The van der Waals surface area contributed by atoms with Crippen molar-refractivity contribution in [3.8, 4) is 5.75 Å². The maximum absolute atomic E-state index is 5.70. The molecule has 0 aliphatic carbocycles. The molecule has 3 nitrogen and oxygen atoms in total. The van der Waals surface area contributed by atoms with Crippen LogP contribution in [-0.2, 0) is 4.74 Å². The molecule has 0 aromatic heterocycles. The minimum Gasteiger partial charge on any atom is -0.496 e. The Kier molecular flexibility index (Phi) is 4.59. The van der Waals surface area contributed by atoms with Crippen LogP contribution in [0.1, 0.15) is 17.0 Å². The molecule has 0 saturated carbocycles. The zero-order valence-electron chi connectivity index (χ0n) is 9.62. The fourth-order valence-corrected chi connectivity index (χ4v) is 1.66. The Morgan fingerprint density at radius 1 is 1.33 bits per heavy atom.